The number of nitrogens with one attached hydrogen (secondary N) is 1. The molecule has 266 valence electrons. The van der Waals surface area contributed by atoms with Gasteiger partial charge in [-0.3, -0.25) is 4.99 Å². The van der Waals surface area contributed by atoms with Crippen molar-refractivity contribution in [2.75, 3.05) is 26.2 Å². The van der Waals surface area contributed by atoms with E-state index in [2.05, 4.69) is 37.2 Å². The zero-order chi connectivity index (χ0) is 35.3. The maximum atomic E-state index is 12.0. The Kier molecular flexibility index (Phi) is 11.7. The number of nitrogens with zero attached hydrogens (tertiary/aromatic N) is 1. The largest absolute Gasteiger partial charge is 0.508 e. The van der Waals surface area contributed by atoms with Gasteiger partial charge in [0, 0.05) is 24.4 Å². The number of carbonyl (C=O) groups is 1. The molecule has 3 heterocycles. The quantitative estimate of drug-likeness (QED) is 0.144. The molecular formula is C37H48N2O10. The molecule has 0 bridgehead atoms. The Hall–Kier alpha value is -3.94. The highest BCUT2D eigenvalue weighted by atomic mass is 16.7. The highest BCUT2D eigenvalue weighted by Crippen LogP contribution is 2.40. The first-order chi connectivity index (χ1) is 23.4. The van der Waals surface area contributed by atoms with Gasteiger partial charge in [-0.1, -0.05) is 58.2 Å². The number of benzene rings is 2. The minimum absolute atomic E-state index is 0.0205. The minimum Gasteiger partial charge on any atom is -0.508 e. The van der Waals surface area contributed by atoms with Crippen LogP contribution in [0, 0.1) is 17.8 Å². The lowest BCUT2D eigenvalue weighted by Crippen LogP contribution is -2.71. The second kappa shape index (κ2) is 15.7. The third-order valence-electron chi connectivity index (χ3n) is 9.67. The number of aliphatic carboxylic acids is 1. The topological polar surface area (TPSA) is 191 Å². The van der Waals surface area contributed by atoms with Crippen molar-refractivity contribution in [3.8, 4) is 17.2 Å². The standard InChI is InChI=1S/C37H48N2O10/c1-21(2)5-4-6-22(3)25(15-23-13-14-38-17-23)18-39-20-37(46)34(43)32(42)33(35(44)45)49-36(37)48-27-11-12-28-30(16-27)47-19-29(31(28)41)24-7-9-26(40)10-8-24/h7-13,16-17,21-22,25,32-34,36,39-43,46H,4-6,14-15,18-20H2,1-3H3,(H,44,45). The SMILES string of the molecule is CC(C)CCCC(C)C(CNCC1(O)C(Oc2ccc3c(c2)OCC(c2ccc(O)cc2)=C3O)OC(C(=O)O)C(O)C1O)CC1=CCN=C1. The van der Waals surface area contributed by atoms with Crippen LogP contribution in [0.5, 0.6) is 17.2 Å². The molecule has 0 radical (unpaired) electrons. The van der Waals surface area contributed by atoms with Gasteiger partial charge in [0.15, 0.2) is 11.7 Å². The van der Waals surface area contributed by atoms with Gasteiger partial charge in [-0.15, -0.1) is 0 Å². The molecule has 5 rings (SSSR count). The Balaban J connectivity index is 1.34. The van der Waals surface area contributed by atoms with Crippen molar-refractivity contribution in [3.63, 3.8) is 0 Å². The van der Waals surface area contributed by atoms with Crippen LogP contribution >= 0.6 is 0 Å². The van der Waals surface area contributed by atoms with Crippen LogP contribution in [0.4, 0.5) is 0 Å². The molecule has 0 saturated carbocycles. The van der Waals surface area contributed by atoms with Gasteiger partial charge in [0.2, 0.25) is 6.29 Å². The first kappa shape index (κ1) is 36.3. The number of allylic oxidation sites excluding steroid dienone is 1. The van der Waals surface area contributed by atoms with Crippen molar-refractivity contribution in [2.24, 2.45) is 22.7 Å². The Morgan fingerprint density at radius 1 is 1.10 bits per heavy atom. The summed E-state index contributed by atoms with van der Waals surface area (Å²) < 4.78 is 17.5. The van der Waals surface area contributed by atoms with Crippen LogP contribution in [0.15, 0.2) is 59.1 Å². The summed E-state index contributed by atoms with van der Waals surface area (Å²) >= 11 is 0. The van der Waals surface area contributed by atoms with Gasteiger partial charge in [0.05, 0.1) is 12.1 Å². The van der Waals surface area contributed by atoms with Crippen molar-refractivity contribution in [2.45, 2.75) is 76.7 Å². The molecule has 0 spiro atoms. The van der Waals surface area contributed by atoms with E-state index in [-0.39, 0.29) is 42.1 Å². The van der Waals surface area contributed by atoms with Crippen LogP contribution in [0.25, 0.3) is 11.3 Å². The summed E-state index contributed by atoms with van der Waals surface area (Å²) in [6, 6.07) is 10.9. The highest BCUT2D eigenvalue weighted by molar-refractivity contribution is 5.91. The van der Waals surface area contributed by atoms with Gasteiger partial charge in [-0.2, -0.15) is 0 Å². The molecule has 3 aliphatic heterocycles. The fourth-order valence-corrected chi connectivity index (χ4v) is 6.58. The number of aromatic hydroxyl groups is 1. The number of phenolic OH excluding ortho intramolecular Hbond substituents is 1. The molecule has 2 aromatic carbocycles. The number of carboxylic acids is 1. The molecule has 7 unspecified atom stereocenters. The normalized spacial score (nSPS) is 26.2. The van der Waals surface area contributed by atoms with E-state index in [0.717, 1.165) is 31.3 Å². The molecule has 12 heteroatoms. The zero-order valence-corrected chi connectivity index (χ0v) is 28.2. The summed E-state index contributed by atoms with van der Waals surface area (Å²) in [5, 5.41) is 67.4. The predicted octanol–water partition coefficient (Wildman–Crippen LogP) is 3.92. The highest BCUT2D eigenvalue weighted by Gasteiger charge is 2.58. The van der Waals surface area contributed by atoms with Crippen molar-refractivity contribution < 1.29 is 49.6 Å². The number of phenols is 1. The van der Waals surface area contributed by atoms with Crippen LogP contribution in [0.1, 0.15) is 57.6 Å². The van der Waals surface area contributed by atoms with Gasteiger partial charge in [0.25, 0.3) is 0 Å². The molecule has 7 N–H and O–H groups in total. The third-order valence-corrected chi connectivity index (χ3v) is 9.67. The fourth-order valence-electron chi connectivity index (χ4n) is 6.58. The molecule has 7 atom stereocenters. The zero-order valence-electron chi connectivity index (χ0n) is 28.2. The average molecular weight is 681 g/mol. The molecule has 0 aliphatic carbocycles. The van der Waals surface area contributed by atoms with Gasteiger partial charge in [0.1, 0.15) is 41.8 Å². The number of aliphatic imine (C=N–C) groups is 1. The number of carboxylic acid groups (broad SMARTS) is 1. The minimum atomic E-state index is -2.25. The van der Waals surface area contributed by atoms with E-state index in [0.29, 0.717) is 41.6 Å². The van der Waals surface area contributed by atoms with E-state index < -0.39 is 36.2 Å². The van der Waals surface area contributed by atoms with E-state index in [1.165, 1.54) is 24.3 Å². The van der Waals surface area contributed by atoms with E-state index in [4.69, 9.17) is 14.2 Å². The number of hydrogen-bond acceptors (Lipinski definition) is 11. The summed E-state index contributed by atoms with van der Waals surface area (Å²) in [6.07, 6.45) is 0.582. The van der Waals surface area contributed by atoms with Crippen molar-refractivity contribution >= 4 is 23.5 Å². The van der Waals surface area contributed by atoms with Crippen LogP contribution in [-0.4, -0.2) is 99.3 Å². The molecule has 2 aromatic rings. The maximum absolute atomic E-state index is 12.0. The second-order valence-electron chi connectivity index (χ2n) is 13.8. The first-order valence-corrected chi connectivity index (χ1v) is 16.9. The molecular weight excluding hydrogens is 632 g/mol. The van der Waals surface area contributed by atoms with Crippen LogP contribution in [0.2, 0.25) is 0 Å². The average Bonchev–Trinajstić information content (AvgIpc) is 3.58. The van der Waals surface area contributed by atoms with Crippen LogP contribution in [-0.2, 0) is 9.53 Å². The van der Waals surface area contributed by atoms with E-state index in [9.17, 15) is 35.4 Å². The van der Waals surface area contributed by atoms with Crippen molar-refractivity contribution in [1.29, 1.82) is 0 Å². The number of fused-ring (bicyclic) bond motifs is 1. The van der Waals surface area contributed by atoms with Crippen LogP contribution in [0.3, 0.4) is 0 Å². The van der Waals surface area contributed by atoms with E-state index >= 15 is 0 Å². The van der Waals surface area contributed by atoms with Gasteiger partial charge in [-0.05, 0) is 66.1 Å². The van der Waals surface area contributed by atoms with Gasteiger partial charge < -0.3 is 50.2 Å². The summed E-state index contributed by atoms with van der Waals surface area (Å²) in [6.45, 7) is 7.49. The summed E-state index contributed by atoms with van der Waals surface area (Å²) in [7, 11) is 0. The van der Waals surface area contributed by atoms with Crippen molar-refractivity contribution in [3.05, 3.63) is 65.2 Å². The number of rotatable bonds is 15. The molecule has 3 aliphatic rings. The van der Waals surface area contributed by atoms with Gasteiger partial charge in [-0.25, -0.2) is 4.79 Å². The lowest BCUT2D eigenvalue weighted by Gasteiger charge is -2.47. The van der Waals surface area contributed by atoms with E-state index in [1.54, 1.807) is 18.2 Å². The summed E-state index contributed by atoms with van der Waals surface area (Å²) in [5.41, 5.74) is 0.451. The first-order valence-electron chi connectivity index (χ1n) is 16.9. The Labute approximate surface area is 286 Å². The van der Waals surface area contributed by atoms with Crippen molar-refractivity contribution in [1.82, 2.24) is 5.32 Å². The van der Waals surface area contributed by atoms with Crippen LogP contribution < -0.4 is 14.8 Å². The van der Waals surface area contributed by atoms with E-state index in [1.807, 2.05) is 6.21 Å². The Bertz CT molecular complexity index is 1550. The number of ether oxygens (including phenoxy) is 3. The lowest BCUT2D eigenvalue weighted by molar-refractivity contribution is -0.311. The molecule has 0 amide bonds. The number of aliphatic hydroxyl groups is 4. The molecule has 49 heavy (non-hydrogen) atoms. The molecule has 1 saturated heterocycles. The molecule has 0 aromatic heterocycles. The fraction of sp³-hybridized carbons (Fsp3) is 0.514. The maximum Gasteiger partial charge on any atom is 0.335 e. The second-order valence-corrected chi connectivity index (χ2v) is 13.8. The summed E-state index contributed by atoms with van der Waals surface area (Å²) in [4.78, 5) is 16.3. The van der Waals surface area contributed by atoms with Gasteiger partial charge >= 0.3 is 5.97 Å². The smallest absolute Gasteiger partial charge is 0.335 e. The number of aliphatic hydroxyl groups excluding tert-OH is 3. The predicted molar refractivity (Wildman–Crippen MR) is 184 cm³/mol. The lowest BCUT2D eigenvalue weighted by atomic mass is 9.83. The molecule has 12 nitrogen and oxygen atoms in total. The number of hydrogen-bond donors (Lipinski definition) is 7. The third kappa shape index (κ3) is 8.45. The monoisotopic (exact) mass is 680 g/mol. The molecule has 1 fully saturated rings. The Morgan fingerprint density at radius 3 is 2.53 bits per heavy atom. The Morgan fingerprint density at radius 2 is 1.86 bits per heavy atom. The summed E-state index contributed by atoms with van der Waals surface area (Å²) in [5.74, 6) is 0.0494.